The molecule has 41 heavy (non-hydrogen) atoms. The standard InChI is InChI=1S/C28H35N7O5S/c1-3-25(36)33-19-21(20-33)10-11-35-26(37)9-4-22-18-29-28(31-27(22)35)30-23-5-7-24(8-6-23)32-12-14-34(15-13-32)41(38,39)17-16-40-2/h3-9,18,21H,1,10-17,19-20H2,2H3,(H,29,30,31). The molecule has 1 amide bonds. The van der Waals surface area contributed by atoms with Crippen molar-refractivity contribution in [3.8, 4) is 0 Å². The number of anilines is 3. The molecule has 4 heterocycles. The van der Waals surface area contributed by atoms with Crippen LogP contribution in [0.2, 0.25) is 0 Å². The number of piperazine rings is 1. The highest BCUT2D eigenvalue weighted by Crippen LogP contribution is 2.24. The average Bonchev–Trinajstić information content (AvgIpc) is 2.96. The maximum atomic E-state index is 12.7. The highest BCUT2D eigenvalue weighted by Gasteiger charge is 2.29. The lowest BCUT2D eigenvalue weighted by Crippen LogP contribution is -2.49. The fraction of sp³-hybridized carbons (Fsp3) is 0.429. The molecule has 2 saturated heterocycles. The van der Waals surface area contributed by atoms with Gasteiger partial charge in [-0.1, -0.05) is 6.58 Å². The van der Waals surface area contributed by atoms with E-state index in [1.54, 1.807) is 21.7 Å². The number of benzene rings is 1. The third kappa shape index (κ3) is 6.58. The Morgan fingerprint density at radius 3 is 2.54 bits per heavy atom. The number of rotatable bonds is 11. The zero-order valence-electron chi connectivity index (χ0n) is 23.1. The zero-order valence-corrected chi connectivity index (χ0v) is 23.9. The van der Waals surface area contributed by atoms with E-state index in [1.807, 2.05) is 24.3 Å². The molecule has 218 valence electrons. The third-order valence-electron chi connectivity index (χ3n) is 7.59. The van der Waals surface area contributed by atoms with E-state index in [9.17, 15) is 18.0 Å². The summed E-state index contributed by atoms with van der Waals surface area (Å²) in [6, 6.07) is 11.1. The smallest absolute Gasteiger partial charge is 0.252 e. The normalized spacial score (nSPS) is 16.5. The molecular formula is C28H35N7O5S. The second-order valence-corrected chi connectivity index (χ2v) is 12.4. The molecule has 1 N–H and O–H groups in total. The molecule has 2 aliphatic rings. The lowest BCUT2D eigenvalue weighted by Gasteiger charge is -2.38. The van der Waals surface area contributed by atoms with Crippen LogP contribution in [0.3, 0.4) is 0 Å². The Bertz CT molecular complexity index is 1560. The van der Waals surface area contributed by atoms with E-state index < -0.39 is 10.0 Å². The van der Waals surface area contributed by atoms with Crippen molar-refractivity contribution in [3.05, 3.63) is 65.6 Å². The van der Waals surface area contributed by atoms with Crippen molar-refractivity contribution in [2.75, 3.05) is 69.0 Å². The predicted octanol–water partition coefficient (Wildman–Crippen LogP) is 1.67. The van der Waals surface area contributed by atoms with Gasteiger partial charge in [-0.3, -0.25) is 14.2 Å². The highest BCUT2D eigenvalue weighted by atomic mass is 32.2. The van der Waals surface area contributed by atoms with Gasteiger partial charge in [-0.2, -0.15) is 9.29 Å². The number of hydrogen-bond donors (Lipinski definition) is 1. The summed E-state index contributed by atoms with van der Waals surface area (Å²) in [5, 5.41) is 3.99. The lowest BCUT2D eigenvalue weighted by atomic mass is 9.96. The Hall–Kier alpha value is -3.81. The first-order valence-corrected chi connectivity index (χ1v) is 15.2. The van der Waals surface area contributed by atoms with E-state index >= 15 is 0 Å². The molecule has 0 atom stereocenters. The first kappa shape index (κ1) is 28.7. The quantitative estimate of drug-likeness (QED) is 0.336. The Labute approximate surface area is 239 Å². The summed E-state index contributed by atoms with van der Waals surface area (Å²) in [4.78, 5) is 37.4. The molecule has 2 fully saturated rings. The fourth-order valence-electron chi connectivity index (χ4n) is 5.15. The van der Waals surface area contributed by atoms with Gasteiger partial charge in [0.1, 0.15) is 5.65 Å². The molecule has 5 rings (SSSR count). The first-order valence-electron chi connectivity index (χ1n) is 13.6. The van der Waals surface area contributed by atoms with Crippen LogP contribution in [0.25, 0.3) is 11.0 Å². The van der Waals surface area contributed by atoms with Crippen LogP contribution in [0.5, 0.6) is 0 Å². The monoisotopic (exact) mass is 581 g/mol. The highest BCUT2D eigenvalue weighted by molar-refractivity contribution is 7.89. The van der Waals surface area contributed by atoms with E-state index in [-0.39, 0.29) is 23.8 Å². The molecule has 12 nitrogen and oxygen atoms in total. The summed E-state index contributed by atoms with van der Waals surface area (Å²) in [5.41, 5.74) is 2.22. The Morgan fingerprint density at radius 2 is 1.85 bits per heavy atom. The van der Waals surface area contributed by atoms with Gasteiger partial charge >= 0.3 is 0 Å². The number of carbonyl (C=O) groups excluding carboxylic acids is 1. The summed E-state index contributed by atoms with van der Waals surface area (Å²) in [7, 11) is -1.81. The van der Waals surface area contributed by atoms with Gasteiger partial charge in [-0.25, -0.2) is 13.4 Å². The molecule has 0 radical (unpaired) electrons. The van der Waals surface area contributed by atoms with Gasteiger partial charge in [0.2, 0.25) is 21.9 Å². The Balaban J connectivity index is 1.21. The van der Waals surface area contributed by atoms with Crippen molar-refractivity contribution in [3.63, 3.8) is 0 Å². The maximum Gasteiger partial charge on any atom is 0.252 e. The number of hydrogen-bond acceptors (Lipinski definition) is 9. The van der Waals surface area contributed by atoms with Crippen molar-refractivity contribution in [2.45, 2.75) is 13.0 Å². The molecule has 2 aromatic heterocycles. The molecule has 2 aliphatic heterocycles. The van der Waals surface area contributed by atoms with Crippen LogP contribution in [-0.2, 0) is 26.1 Å². The van der Waals surface area contributed by atoms with E-state index in [0.29, 0.717) is 63.3 Å². The summed E-state index contributed by atoms with van der Waals surface area (Å²) in [5.74, 6) is 0.647. The van der Waals surface area contributed by atoms with Crippen LogP contribution >= 0.6 is 0 Å². The number of likely N-dealkylation sites (tertiary alicyclic amines) is 1. The van der Waals surface area contributed by atoms with E-state index in [4.69, 9.17) is 4.74 Å². The van der Waals surface area contributed by atoms with Gasteiger partial charge < -0.3 is 19.9 Å². The van der Waals surface area contributed by atoms with Crippen LogP contribution in [-0.4, -0.2) is 96.8 Å². The molecule has 0 unspecified atom stereocenters. The van der Waals surface area contributed by atoms with Crippen LogP contribution in [0.4, 0.5) is 17.3 Å². The Kier molecular flexibility index (Phi) is 8.66. The van der Waals surface area contributed by atoms with Crippen LogP contribution in [0, 0.1) is 5.92 Å². The number of sulfonamides is 1. The second-order valence-electron chi connectivity index (χ2n) is 10.3. The van der Waals surface area contributed by atoms with Gasteiger partial charge in [-0.05, 0) is 48.7 Å². The Morgan fingerprint density at radius 1 is 1.12 bits per heavy atom. The number of fused-ring (bicyclic) bond motifs is 1. The van der Waals surface area contributed by atoms with Crippen molar-refractivity contribution in [2.24, 2.45) is 5.92 Å². The largest absolute Gasteiger partial charge is 0.384 e. The number of aromatic nitrogens is 3. The number of pyridine rings is 1. The van der Waals surface area contributed by atoms with E-state index in [0.717, 1.165) is 23.2 Å². The topological polar surface area (TPSA) is 130 Å². The fourth-order valence-corrected chi connectivity index (χ4v) is 6.50. The third-order valence-corrected chi connectivity index (χ3v) is 9.43. The number of ether oxygens (including phenoxy) is 1. The minimum Gasteiger partial charge on any atom is -0.384 e. The lowest BCUT2D eigenvalue weighted by molar-refractivity contribution is -0.132. The van der Waals surface area contributed by atoms with Gasteiger partial charge in [0.25, 0.3) is 5.56 Å². The molecular weight excluding hydrogens is 546 g/mol. The van der Waals surface area contributed by atoms with Crippen LogP contribution in [0.1, 0.15) is 6.42 Å². The average molecular weight is 582 g/mol. The molecule has 0 spiro atoms. The molecule has 13 heteroatoms. The molecule has 0 bridgehead atoms. The number of methoxy groups -OCH3 is 1. The van der Waals surface area contributed by atoms with E-state index in [2.05, 4.69) is 26.8 Å². The summed E-state index contributed by atoms with van der Waals surface area (Å²) >= 11 is 0. The second kappa shape index (κ2) is 12.4. The zero-order chi connectivity index (χ0) is 29.0. The van der Waals surface area contributed by atoms with Crippen molar-refractivity contribution in [1.29, 1.82) is 0 Å². The van der Waals surface area contributed by atoms with Crippen molar-refractivity contribution in [1.82, 2.24) is 23.7 Å². The number of nitrogens with zero attached hydrogens (tertiary/aromatic N) is 6. The minimum absolute atomic E-state index is 0.00559. The number of amides is 1. The first-order chi connectivity index (χ1) is 19.8. The van der Waals surface area contributed by atoms with Gasteiger partial charge in [0, 0.05) is 81.9 Å². The maximum absolute atomic E-state index is 12.7. The van der Waals surface area contributed by atoms with Crippen molar-refractivity contribution >= 4 is 44.3 Å². The molecule has 0 aliphatic carbocycles. The number of aryl methyl sites for hydroxylation is 1. The number of nitrogens with one attached hydrogen (secondary N) is 1. The molecule has 0 saturated carbocycles. The van der Waals surface area contributed by atoms with Crippen LogP contribution in [0.15, 0.2) is 60.0 Å². The minimum atomic E-state index is -3.31. The van der Waals surface area contributed by atoms with Gasteiger partial charge in [0.15, 0.2) is 0 Å². The number of carbonyl (C=O) groups is 1. The van der Waals surface area contributed by atoms with Gasteiger partial charge in [-0.15, -0.1) is 0 Å². The summed E-state index contributed by atoms with van der Waals surface area (Å²) < 4.78 is 33.0. The SMILES string of the molecule is C=CC(=O)N1CC(CCn2c(=O)ccc3cnc(Nc4ccc(N5CCN(S(=O)(=O)CCOC)CC5)cc4)nc32)C1. The van der Waals surface area contributed by atoms with Crippen LogP contribution < -0.4 is 15.8 Å². The predicted molar refractivity (Wildman–Crippen MR) is 158 cm³/mol. The summed E-state index contributed by atoms with van der Waals surface area (Å²) in [6.45, 7) is 7.64. The summed E-state index contributed by atoms with van der Waals surface area (Å²) in [6.07, 6.45) is 3.79. The molecule has 3 aromatic rings. The van der Waals surface area contributed by atoms with Crippen molar-refractivity contribution < 1.29 is 17.9 Å². The van der Waals surface area contributed by atoms with Gasteiger partial charge in [0.05, 0.1) is 12.4 Å². The van der Waals surface area contributed by atoms with E-state index in [1.165, 1.54) is 23.6 Å². The molecule has 1 aromatic carbocycles.